The van der Waals surface area contributed by atoms with Crippen LogP contribution in [0.15, 0.2) is 35.5 Å². The second kappa shape index (κ2) is 9.19. The van der Waals surface area contributed by atoms with E-state index in [4.69, 9.17) is 4.98 Å². The first-order valence-electron chi connectivity index (χ1n) is 11.3. The molecule has 4 aromatic rings. The number of nitrogens with one attached hydrogen (secondary N) is 1. The maximum absolute atomic E-state index is 12.4. The van der Waals surface area contributed by atoms with Crippen LogP contribution in [0.5, 0.6) is 0 Å². The smallest absolute Gasteiger partial charge is 0.230 e. The predicted molar refractivity (Wildman–Crippen MR) is 131 cm³/mol. The molecule has 166 valence electrons. The van der Waals surface area contributed by atoms with Crippen molar-refractivity contribution < 1.29 is 4.79 Å². The van der Waals surface area contributed by atoms with E-state index in [9.17, 15) is 4.79 Å². The first kappa shape index (κ1) is 21.4. The van der Waals surface area contributed by atoms with Crippen LogP contribution in [-0.4, -0.2) is 37.8 Å². The van der Waals surface area contributed by atoms with Crippen molar-refractivity contribution in [2.24, 2.45) is 5.92 Å². The predicted octanol–water partition coefficient (Wildman–Crippen LogP) is 4.48. The summed E-state index contributed by atoms with van der Waals surface area (Å²) in [6, 6.07) is 10.2. The van der Waals surface area contributed by atoms with Gasteiger partial charge in [0.05, 0.1) is 11.1 Å². The molecule has 0 spiro atoms. The zero-order valence-corrected chi connectivity index (χ0v) is 20.1. The summed E-state index contributed by atoms with van der Waals surface area (Å²) < 4.78 is 2.06. The van der Waals surface area contributed by atoms with Crippen molar-refractivity contribution >= 4 is 44.9 Å². The van der Waals surface area contributed by atoms with Gasteiger partial charge in [0, 0.05) is 17.8 Å². The van der Waals surface area contributed by atoms with Crippen molar-refractivity contribution in [2.75, 3.05) is 12.3 Å². The zero-order chi connectivity index (χ0) is 22.1. The third-order valence-corrected chi connectivity index (χ3v) is 8.14. The van der Waals surface area contributed by atoms with Crippen LogP contribution in [0.1, 0.15) is 42.1 Å². The van der Waals surface area contributed by atoms with E-state index in [2.05, 4.69) is 45.9 Å². The molecule has 1 aromatic carbocycles. The monoisotopic (exact) mass is 465 g/mol. The van der Waals surface area contributed by atoms with E-state index in [1.54, 1.807) is 0 Å². The van der Waals surface area contributed by atoms with Crippen molar-refractivity contribution in [3.05, 3.63) is 52.2 Å². The van der Waals surface area contributed by atoms with Crippen LogP contribution < -0.4 is 5.32 Å². The van der Waals surface area contributed by atoms with Gasteiger partial charge in [0.1, 0.15) is 10.7 Å². The van der Waals surface area contributed by atoms with Gasteiger partial charge in [-0.05, 0) is 42.7 Å². The molecule has 1 unspecified atom stereocenters. The third-order valence-electron chi connectivity index (χ3n) is 6.07. The minimum atomic E-state index is 0.0108. The number of nitrogens with zero attached hydrogens (tertiary/aromatic N) is 4. The highest BCUT2D eigenvalue weighted by atomic mass is 32.2. The molecule has 6 nitrogen and oxygen atoms in total. The molecule has 1 atom stereocenters. The molecule has 0 aliphatic heterocycles. The van der Waals surface area contributed by atoms with Crippen molar-refractivity contribution in [3.63, 3.8) is 0 Å². The third kappa shape index (κ3) is 4.13. The molecular formula is C24H27N5OS2. The number of thioether (sulfide) groups is 1. The van der Waals surface area contributed by atoms with E-state index in [0.717, 1.165) is 53.1 Å². The Bertz CT molecular complexity index is 1260. The van der Waals surface area contributed by atoms with Crippen LogP contribution in [0.3, 0.4) is 0 Å². The van der Waals surface area contributed by atoms with E-state index in [0.29, 0.717) is 12.3 Å². The summed E-state index contributed by atoms with van der Waals surface area (Å²) in [5, 5.41) is 13.9. The SMILES string of the molecule is CCc1nc2sc3c(c2c2nnc(SCC(=O)NCCc4ccccc4)n12)CCC(C)C3. The van der Waals surface area contributed by atoms with Gasteiger partial charge in [-0.15, -0.1) is 21.5 Å². The standard InChI is InChI=1S/C24H27N5OS2/c1-3-19-26-23-21(17-10-9-15(2)13-18(17)32-23)22-27-28-24(29(19)22)31-14-20(30)25-12-11-16-7-5-4-6-8-16/h4-8,15H,3,9-14H2,1-2H3,(H,25,30). The second-order valence-electron chi connectivity index (χ2n) is 8.43. The van der Waals surface area contributed by atoms with E-state index in [1.165, 1.54) is 39.6 Å². The molecule has 1 N–H and O–H groups in total. The van der Waals surface area contributed by atoms with Crippen molar-refractivity contribution in [1.82, 2.24) is 24.9 Å². The summed E-state index contributed by atoms with van der Waals surface area (Å²) in [7, 11) is 0. The summed E-state index contributed by atoms with van der Waals surface area (Å²) in [6.45, 7) is 5.06. The summed E-state index contributed by atoms with van der Waals surface area (Å²) in [5.41, 5.74) is 3.52. The molecule has 8 heteroatoms. The van der Waals surface area contributed by atoms with Crippen LogP contribution in [0, 0.1) is 5.92 Å². The van der Waals surface area contributed by atoms with Crippen molar-refractivity contribution in [1.29, 1.82) is 0 Å². The van der Waals surface area contributed by atoms with Gasteiger partial charge >= 0.3 is 0 Å². The molecule has 1 aliphatic rings. The fourth-order valence-electron chi connectivity index (χ4n) is 4.38. The number of carbonyl (C=O) groups excluding carboxylic acids is 1. The molecule has 3 aromatic heterocycles. The van der Waals surface area contributed by atoms with Gasteiger partial charge in [-0.2, -0.15) is 0 Å². The lowest BCUT2D eigenvalue weighted by Crippen LogP contribution is -2.27. The number of hydrogen-bond acceptors (Lipinski definition) is 6. The molecule has 0 fully saturated rings. The molecule has 0 bridgehead atoms. The van der Waals surface area contributed by atoms with E-state index < -0.39 is 0 Å². The summed E-state index contributed by atoms with van der Waals surface area (Å²) in [4.78, 5) is 19.9. The first-order chi connectivity index (χ1) is 15.6. The van der Waals surface area contributed by atoms with Crippen LogP contribution in [0.2, 0.25) is 0 Å². The summed E-state index contributed by atoms with van der Waals surface area (Å²) in [5.74, 6) is 2.00. The number of fused-ring (bicyclic) bond motifs is 5. The number of carbonyl (C=O) groups is 1. The van der Waals surface area contributed by atoms with E-state index in [-0.39, 0.29) is 5.91 Å². The highest BCUT2D eigenvalue weighted by Gasteiger charge is 2.25. The minimum Gasteiger partial charge on any atom is -0.355 e. The average molecular weight is 466 g/mol. The van der Waals surface area contributed by atoms with Gasteiger partial charge in [-0.3, -0.25) is 9.20 Å². The molecule has 32 heavy (non-hydrogen) atoms. The number of benzene rings is 1. The van der Waals surface area contributed by atoms with E-state index in [1.807, 2.05) is 29.5 Å². The van der Waals surface area contributed by atoms with Gasteiger partial charge in [-0.1, -0.05) is 55.9 Å². The molecule has 1 aliphatic carbocycles. The number of hydrogen-bond donors (Lipinski definition) is 1. The quantitative estimate of drug-likeness (QED) is 0.408. The number of rotatable bonds is 7. The Morgan fingerprint density at radius 2 is 2.12 bits per heavy atom. The lowest BCUT2D eigenvalue weighted by atomic mass is 9.89. The summed E-state index contributed by atoms with van der Waals surface area (Å²) >= 11 is 3.25. The first-order valence-corrected chi connectivity index (χ1v) is 13.1. The van der Waals surface area contributed by atoms with Crippen molar-refractivity contribution in [2.45, 2.75) is 51.1 Å². The molecule has 0 saturated heterocycles. The minimum absolute atomic E-state index is 0.0108. The highest BCUT2D eigenvalue weighted by Crippen LogP contribution is 2.39. The van der Waals surface area contributed by atoms with Gasteiger partial charge in [0.25, 0.3) is 0 Å². The maximum atomic E-state index is 12.4. The highest BCUT2D eigenvalue weighted by molar-refractivity contribution is 7.99. The Morgan fingerprint density at radius 3 is 2.94 bits per heavy atom. The topological polar surface area (TPSA) is 72.2 Å². The molecular weight excluding hydrogens is 438 g/mol. The second-order valence-corrected chi connectivity index (χ2v) is 10.5. The number of thiophene rings is 1. The molecule has 0 saturated carbocycles. The lowest BCUT2D eigenvalue weighted by Gasteiger charge is -2.17. The van der Waals surface area contributed by atoms with Crippen LogP contribution in [-0.2, 0) is 30.5 Å². The molecule has 0 radical (unpaired) electrons. The Labute approximate surface area is 195 Å². The Kier molecular flexibility index (Phi) is 6.15. The Hall–Kier alpha value is -2.45. The van der Waals surface area contributed by atoms with Gasteiger partial charge in [0.15, 0.2) is 10.8 Å². The zero-order valence-electron chi connectivity index (χ0n) is 18.4. The fraction of sp³-hybridized carbons (Fsp3) is 0.417. The average Bonchev–Trinajstić information content (AvgIpc) is 3.38. The van der Waals surface area contributed by atoms with Crippen molar-refractivity contribution in [3.8, 4) is 0 Å². The van der Waals surface area contributed by atoms with Crippen LogP contribution in [0.4, 0.5) is 0 Å². The van der Waals surface area contributed by atoms with Crippen LogP contribution in [0.25, 0.3) is 15.9 Å². The maximum Gasteiger partial charge on any atom is 0.230 e. The molecule has 3 heterocycles. The van der Waals surface area contributed by atoms with E-state index >= 15 is 0 Å². The fourth-order valence-corrected chi connectivity index (χ4v) is 6.56. The lowest BCUT2D eigenvalue weighted by molar-refractivity contribution is -0.118. The number of aryl methyl sites for hydroxylation is 2. The van der Waals surface area contributed by atoms with Gasteiger partial charge < -0.3 is 5.32 Å². The normalized spacial score (nSPS) is 15.9. The Balaban J connectivity index is 1.34. The largest absolute Gasteiger partial charge is 0.355 e. The summed E-state index contributed by atoms with van der Waals surface area (Å²) in [6.07, 6.45) is 5.04. The van der Waals surface area contributed by atoms with Gasteiger partial charge in [0.2, 0.25) is 5.91 Å². The molecule has 1 amide bonds. The Morgan fingerprint density at radius 1 is 1.28 bits per heavy atom. The number of aromatic nitrogens is 4. The number of amides is 1. The van der Waals surface area contributed by atoms with Crippen LogP contribution >= 0.6 is 23.1 Å². The molecule has 5 rings (SSSR count). The van der Waals surface area contributed by atoms with Gasteiger partial charge in [-0.25, -0.2) is 4.98 Å².